The summed E-state index contributed by atoms with van der Waals surface area (Å²) in [4.78, 5) is 26.5. The number of nitrogens with one attached hydrogen (secondary N) is 2. The number of H-pyrrole nitrogens is 1. The Labute approximate surface area is 185 Å². The van der Waals surface area contributed by atoms with Crippen LogP contribution in [0.3, 0.4) is 0 Å². The maximum absolute atomic E-state index is 12.6. The van der Waals surface area contributed by atoms with Gasteiger partial charge in [-0.3, -0.25) is 9.36 Å². The first-order valence-electron chi connectivity index (χ1n) is 10.2. The van der Waals surface area contributed by atoms with E-state index >= 15 is 0 Å². The number of anilines is 3. The molecule has 0 radical (unpaired) electrons. The molecule has 3 aromatic heterocycles. The van der Waals surface area contributed by atoms with Crippen LogP contribution in [0.1, 0.15) is 0 Å². The standard InChI is InChI=1S/C23H20N5O3P/c29-23-21-15(7-8-24-23)13-19(16-1-6-20(32-30)25-14-16)27-22(21)26-17-2-4-18(5-3-17)28-9-11-31-12-10-28/h1-8,13-14H,9-12H2,(H,24,29)(H,26,27). The van der Waals surface area contributed by atoms with E-state index in [1.807, 2.05) is 30.3 Å². The first-order valence-corrected chi connectivity index (χ1v) is 11.0. The molecule has 8 nitrogen and oxygen atoms in total. The van der Waals surface area contributed by atoms with Crippen LogP contribution >= 0.6 is 8.46 Å². The molecule has 0 aliphatic carbocycles. The number of ether oxygens (including phenoxy) is 1. The van der Waals surface area contributed by atoms with E-state index in [2.05, 4.69) is 32.3 Å². The van der Waals surface area contributed by atoms with Crippen LogP contribution in [0, 0.1) is 0 Å². The third kappa shape index (κ3) is 4.10. The van der Waals surface area contributed by atoms with Crippen molar-refractivity contribution in [1.29, 1.82) is 0 Å². The van der Waals surface area contributed by atoms with E-state index < -0.39 is 0 Å². The second kappa shape index (κ2) is 8.86. The Morgan fingerprint density at radius 1 is 1.06 bits per heavy atom. The number of hydrogen-bond acceptors (Lipinski definition) is 7. The number of aromatic amines is 1. The highest BCUT2D eigenvalue weighted by Gasteiger charge is 2.13. The normalized spacial score (nSPS) is 14.1. The molecule has 1 aromatic carbocycles. The Hall–Kier alpha value is -3.61. The average molecular weight is 445 g/mol. The zero-order chi connectivity index (χ0) is 21.9. The molecule has 160 valence electrons. The lowest BCUT2D eigenvalue weighted by Gasteiger charge is -2.28. The Morgan fingerprint density at radius 3 is 2.59 bits per heavy atom. The number of morpholine rings is 1. The van der Waals surface area contributed by atoms with Crippen LogP contribution in [0.2, 0.25) is 0 Å². The molecule has 4 aromatic rings. The maximum Gasteiger partial charge on any atom is 0.259 e. The van der Waals surface area contributed by atoms with Gasteiger partial charge in [0.2, 0.25) is 8.46 Å². The summed E-state index contributed by atoms with van der Waals surface area (Å²) < 4.78 is 16.4. The van der Waals surface area contributed by atoms with E-state index in [1.54, 1.807) is 18.5 Å². The highest BCUT2D eigenvalue weighted by molar-refractivity contribution is 7.33. The van der Waals surface area contributed by atoms with E-state index in [9.17, 15) is 9.36 Å². The summed E-state index contributed by atoms with van der Waals surface area (Å²) in [5.74, 6) is 0.462. The van der Waals surface area contributed by atoms with Gasteiger partial charge in [0.05, 0.1) is 24.3 Å². The predicted molar refractivity (Wildman–Crippen MR) is 126 cm³/mol. The molecule has 1 fully saturated rings. The molecular weight excluding hydrogens is 425 g/mol. The summed E-state index contributed by atoms with van der Waals surface area (Å²) in [7, 11) is -0.130. The molecule has 0 saturated carbocycles. The minimum absolute atomic E-state index is 0.130. The molecule has 1 aliphatic heterocycles. The third-order valence-corrected chi connectivity index (χ3v) is 5.85. The van der Waals surface area contributed by atoms with E-state index in [4.69, 9.17) is 9.72 Å². The molecule has 4 heterocycles. The lowest BCUT2D eigenvalue weighted by Crippen LogP contribution is -2.36. The molecule has 5 rings (SSSR count). The maximum atomic E-state index is 12.6. The van der Waals surface area contributed by atoms with E-state index in [-0.39, 0.29) is 14.0 Å². The fourth-order valence-corrected chi connectivity index (χ4v) is 4.00. The van der Waals surface area contributed by atoms with Gasteiger partial charge in [-0.2, -0.15) is 0 Å². The van der Waals surface area contributed by atoms with Gasteiger partial charge in [-0.25, -0.2) is 9.97 Å². The summed E-state index contributed by atoms with van der Waals surface area (Å²) in [6, 6.07) is 15.2. The van der Waals surface area contributed by atoms with Crippen LogP contribution in [-0.4, -0.2) is 41.3 Å². The van der Waals surface area contributed by atoms with Gasteiger partial charge in [0, 0.05) is 42.4 Å². The van der Waals surface area contributed by atoms with Crippen LogP contribution in [0.4, 0.5) is 17.2 Å². The van der Waals surface area contributed by atoms with Crippen LogP contribution in [0.15, 0.2) is 65.7 Å². The van der Waals surface area contributed by atoms with Crippen molar-refractivity contribution < 1.29 is 9.30 Å². The van der Waals surface area contributed by atoms with Gasteiger partial charge in [-0.1, -0.05) is 0 Å². The van der Waals surface area contributed by atoms with Crippen molar-refractivity contribution in [3.8, 4) is 11.3 Å². The molecule has 1 aliphatic rings. The number of benzene rings is 1. The Kier molecular flexibility index (Phi) is 5.62. The summed E-state index contributed by atoms with van der Waals surface area (Å²) in [6.45, 7) is 3.20. The molecular formula is C23H20N5O3P. The van der Waals surface area contributed by atoms with Gasteiger partial charge < -0.3 is 19.9 Å². The Morgan fingerprint density at radius 2 is 1.88 bits per heavy atom. The van der Waals surface area contributed by atoms with Crippen LogP contribution in [0.25, 0.3) is 22.0 Å². The minimum Gasteiger partial charge on any atom is -0.378 e. The highest BCUT2D eigenvalue weighted by Crippen LogP contribution is 2.28. The molecule has 2 N–H and O–H groups in total. The van der Waals surface area contributed by atoms with Crippen molar-refractivity contribution in [2.24, 2.45) is 0 Å². The number of nitrogens with zero attached hydrogens (tertiary/aromatic N) is 3. The quantitative estimate of drug-likeness (QED) is 0.454. The molecule has 0 unspecified atom stereocenters. The van der Waals surface area contributed by atoms with E-state index in [0.717, 1.165) is 48.6 Å². The van der Waals surface area contributed by atoms with Crippen LogP contribution < -0.4 is 21.2 Å². The molecule has 0 bridgehead atoms. The fourth-order valence-electron chi connectivity index (χ4n) is 3.76. The first kappa shape index (κ1) is 20.3. The smallest absolute Gasteiger partial charge is 0.259 e. The first-order chi connectivity index (χ1) is 15.7. The van der Waals surface area contributed by atoms with Gasteiger partial charge in [-0.15, -0.1) is 0 Å². The highest BCUT2D eigenvalue weighted by atomic mass is 31.1. The van der Waals surface area contributed by atoms with Crippen molar-refractivity contribution in [2.75, 3.05) is 36.5 Å². The number of aromatic nitrogens is 3. The Bertz CT molecular complexity index is 1320. The zero-order valence-electron chi connectivity index (χ0n) is 17.1. The summed E-state index contributed by atoms with van der Waals surface area (Å²) in [5.41, 5.74) is 3.63. The monoisotopic (exact) mass is 445 g/mol. The summed E-state index contributed by atoms with van der Waals surface area (Å²) in [6.07, 6.45) is 3.25. The summed E-state index contributed by atoms with van der Waals surface area (Å²) in [5, 5.41) is 4.55. The molecule has 0 atom stereocenters. The molecule has 0 spiro atoms. The molecule has 32 heavy (non-hydrogen) atoms. The summed E-state index contributed by atoms with van der Waals surface area (Å²) >= 11 is 0. The van der Waals surface area contributed by atoms with Crippen molar-refractivity contribution in [3.63, 3.8) is 0 Å². The van der Waals surface area contributed by atoms with Crippen molar-refractivity contribution in [1.82, 2.24) is 15.0 Å². The van der Waals surface area contributed by atoms with Gasteiger partial charge in [0.25, 0.3) is 5.56 Å². The second-order valence-electron chi connectivity index (χ2n) is 7.39. The molecule has 0 amide bonds. The number of rotatable bonds is 5. The zero-order valence-corrected chi connectivity index (χ0v) is 18.0. The lowest BCUT2D eigenvalue weighted by molar-refractivity contribution is 0.122. The van der Waals surface area contributed by atoms with Gasteiger partial charge in [0.1, 0.15) is 11.3 Å². The topological polar surface area (TPSA) is 100 Å². The average Bonchev–Trinajstić information content (AvgIpc) is 2.85. The van der Waals surface area contributed by atoms with Crippen LogP contribution in [0.5, 0.6) is 0 Å². The van der Waals surface area contributed by atoms with Gasteiger partial charge in [0.15, 0.2) is 0 Å². The second-order valence-corrected chi connectivity index (χ2v) is 8.04. The number of fused-ring (bicyclic) bond motifs is 1. The minimum atomic E-state index is -0.215. The van der Waals surface area contributed by atoms with Gasteiger partial charge in [-0.05, 0) is 53.9 Å². The number of hydrogen-bond donors (Lipinski definition) is 2. The van der Waals surface area contributed by atoms with Crippen molar-refractivity contribution in [3.05, 3.63) is 71.3 Å². The van der Waals surface area contributed by atoms with E-state index in [1.165, 1.54) is 0 Å². The van der Waals surface area contributed by atoms with Crippen LogP contribution in [-0.2, 0) is 9.30 Å². The Balaban J connectivity index is 1.51. The largest absolute Gasteiger partial charge is 0.378 e. The number of pyridine rings is 3. The predicted octanol–water partition coefficient (Wildman–Crippen LogP) is 3.48. The lowest BCUT2D eigenvalue weighted by atomic mass is 10.1. The molecule has 1 saturated heterocycles. The van der Waals surface area contributed by atoms with Crippen molar-refractivity contribution in [2.45, 2.75) is 0 Å². The molecule has 9 heteroatoms. The van der Waals surface area contributed by atoms with Crippen molar-refractivity contribution >= 4 is 41.9 Å². The third-order valence-electron chi connectivity index (χ3n) is 5.40. The van der Waals surface area contributed by atoms with Gasteiger partial charge >= 0.3 is 0 Å². The fraction of sp³-hybridized carbons (Fsp3) is 0.174. The van der Waals surface area contributed by atoms with E-state index in [0.29, 0.717) is 22.3 Å². The SMILES string of the molecule is O=Pc1ccc(-c2cc3cc[nH]c(=O)c3c(Nc3ccc(N4CCOCC4)cc3)n2)cn1.